The molecule has 0 bridgehead atoms. The molecule has 3 heterocycles. The molecular weight excluding hydrogens is 471 g/mol. The zero-order valence-electron chi connectivity index (χ0n) is 17.0. The van der Waals surface area contributed by atoms with E-state index in [2.05, 4.69) is 5.10 Å². The van der Waals surface area contributed by atoms with Crippen LogP contribution in [-0.2, 0) is 4.79 Å². The average molecular weight is 491 g/mol. The first kappa shape index (κ1) is 22.5. The van der Waals surface area contributed by atoms with Crippen molar-refractivity contribution in [2.45, 2.75) is 12.8 Å². The fourth-order valence-electron chi connectivity index (χ4n) is 3.56. The predicted octanol–water partition coefficient (Wildman–Crippen LogP) is 3.91. The number of carbonyl (C=O) groups excluding carboxylic acids is 2. The summed E-state index contributed by atoms with van der Waals surface area (Å²) in [5.74, 6) is -0.143. The highest BCUT2D eigenvalue weighted by molar-refractivity contribution is 7.18. The third-order valence-corrected chi connectivity index (χ3v) is 6.92. The van der Waals surface area contributed by atoms with Gasteiger partial charge < -0.3 is 9.80 Å². The summed E-state index contributed by atoms with van der Waals surface area (Å²) < 4.78 is 1.82. The van der Waals surface area contributed by atoms with Gasteiger partial charge in [-0.25, -0.2) is 0 Å². The highest BCUT2D eigenvalue weighted by Crippen LogP contribution is 2.24. The number of hydrogen-bond donors (Lipinski definition) is 0. The molecule has 1 fully saturated rings. The van der Waals surface area contributed by atoms with Crippen molar-refractivity contribution in [3.8, 4) is 5.69 Å². The molecule has 0 unspecified atom stereocenters. The maximum absolute atomic E-state index is 12.7. The van der Waals surface area contributed by atoms with Gasteiger partial charge >= 0.3 is 0 Å². The molecule has 1 amide bonds. The summed E-state index contributed by atoms with van der Waals surface area (Å²) in [6, 6.07) is 12.4. The summed E-state index contributed by atoms with van der Waals surface area (Å²) in [5, 5.41) is 4.37. The first-order valence-corrected chi connectivity index (χ1v) is 11.7. The van der Waals surface area contributed by atoms with E-state index < -0.39 is 0 Å². The number of para-hydroxylation sites is 1. The summed E-state index contributed by atoms with van der Waals surface area (Å²) in [6.45, 7) is 2.01. The van der Waals surface area contributed by atoms with Gasteiger partial charge in [-0.1, -0.05) is 41.4 Å². The Hall–Kier alpha value is -2.68. The number of nitrogens with zero attached hydrogens (tertiary/aromatic N) is 4. The van der Waals surface area contributed by atoms with E-state index in [-0.39, 0.29) is 35.1 Å². The number of rotatable bonds is 6. The fraction of sp³-hybridized carbons (Fsp3) is 0.273. The third kappa shape index (κ3) is 4.87. The van der Waals surface area contributed by atoms with Gasteiger partial charge in [0.1, 0.15) is 5.02 Å². The Morgan fingerprint density at radius 1 is 0.969 bits per heavy atom. The number of thiophene rings is 1. The molecule has 0 radical (unpaired) electrons. The number of hydrogen-bond acceptors (Lipinski definition) is 6. The van der Waals surface area contributed by atoms with Crippen molar-refractivity contribution in [3.63, 3.8) is 0 Å². The van der Waals surface area contributed by atoms with Crippen LogP contribution >= 0.6 is 34.5 Å². The molecule has 0 aliphatic carbocycles. The first-order chi connectivity index (χ1) is 15.4. The zero-order chi connectivity index (χ0) is 22.7. The van der Waals surface area contributed by atoms with Crippen LogP contribution < -0.4 is 10.5 Å². The second-order valence-corrected chi connectivity index (χ2v) is 9.38. The molecular formula is C22H20Cl2N4O3S. The van der Waals surface area contributed by atoms with Gasteiger partial charge in [-0.15, -0.1) is 11.3 Å². The monoisotopic (exact) mass is 490 g/mol. The Balaban J connectivity index is 1.35. The maximum atomic E-state index is 12.7. The number of carbonyl (C=O) groups is 2. The molecule has 10 heteroatoms. The van der Waals surface area contributed by atoms with Crippen molar-refractivity contribution in [1.82, 2.24) is 14.7 Å². The van der Waals surface area contributed by atoms with Crippen LogP contribution in [0.2, 0.25) is 9.36 Å². The largest absolute Gasteiger partial charge is 0.365 e. The van der Waals surface area contributed by atoms with Crippen molar-refractivity contribution in [1.29, 1.82) is 0 Å². The van der Waals surface area contributed by atoms with Gasteiger partial charge in [0.2, 0.25) is 5.91 Å². The minimum Gasteiger partial charge on any atom is -0.365 e. The van der Waals surface area contributed by atoms with Crippen LogP contribution in [0.15, 0.2) is 53.5 Å². The number of ketones is 1. The lowest BCUT2D eigenvalue weighted by Gasteiger charge is -2.36. The number of amides is 1. The van der Waals surface area contributed by atoms with Crippen LogP contribution in [-0.4, -0.2) is 52.5 Å². The Morgan fingerprint density at radius 3 is 2.34 bits per heavy atom. The van der Waals surface area contributed by atoms with Crippen LogP contribution in [0.5, 0.6) is 0 Å². The number of anilines is 1. The molecule has 0 spiro atoms. The first-order valence-electron chi connectivity index (χ1n) is 10.1. The Labute approximate surface area is 198 Å². The SMILES string of the molecule is O=C(CCC(=O)N1CCN(c2cnn(-c3ccccc3)c(=O)c2Cl)CC1)c1ccc(Cl)s1. The standard InChI is InChI=1S/C22H20Cl2N4O3S/c23-19-8-7-18(32-19)17(29)6-9-20(30)27-12-10-26(11-13-27)16-14-25-28(22(31)21(16)24)15-4-2-1-3-5-15/h1-5,7-8,14H,6,9-13H2. The van der Waals surface area contributed by atoms with Gasteiger partial charge in [0.25, 0.3) is 5.56 Å². The molecule has 1 aliphatic rings. The van der Waals surface area contributed by atoms with Crippen LogP contribution in [0.3, 0.4) is 0 Å². The molecule has 0 saturated carbocycles. The molecule has 1 aliphatic heterocycles. The van der Waals surface area contributed by atoms with Crippen LogP contribution in [0.25, 0.3) is 5.69 Å². The molecule has 1 saturated heterocycles. The van der Waals surface area contributed by atoms with Gasteiger partial charge in [-0.05, 0) is 24.3 Å². The second-order valence-electron chi connectivity index (χ2n) is 7.29. The van der Waals surface area contributed by atoms with Crippen molar-refractivity contribution >= 4 is 51.9 Å². The van der Waals surface area contributed by atoms with Crippen molar-refractivity contribution < 1.29 is 9.59 Å². The van der Waals surface area contributed by atoms with Crippen LogP contribution in [0, 0.1) is 0 Å². The van der Waals surface area contributed by atoms with E-state index in [1.165, 1.54) is 16.0 Å². The van der Waals surface area contributed by atoms with E-state index in [0.717, 1.165) is 0 Å². The quantitative estimate of drug-likeness (QED) is 0.489. The summed E-state index contributed by atoms with van der Waals surface area (Å²) in [7, 11) is 0. The van der Waals surface area contributed by atoms with Crippen molar-refractivity contribution in [2.24, 2.45) is 0 Å². The molecule has 32 heavy (non-hydrogen) atoms. The second kappa shape index (κ2) is 9.85. The lowest BCUT2D eigenvalue weighted by Crippen LogP contribution is -2.49. The summed E-state index contributed by atoms with van der Waals surface area (Å²) in [6.07, 6.45) is 1.90. The molecule has 3 aromatic rings. The average Bonchev–Trinajstić information content (AvgIpc) is 3.26. The molecule has 0 N–H and O–H groups in total. The normalized spacial score (nSPS) is 13.9. The van der Waals surface area contributed by atoms with E-state index in [1.807, 2.05) is 23.1 Å². The van der Waals surface area contributed by atoms with Gasteiger partial charge in [0, 0.05) is 39.0 Å². The highest BCUT2D eigenvalue weighted by atomic mass is 35.5. The van der Waals surface area contributed by atoms with Gasteiger partial charge in [-0.3, -0.25) is 14.4 Å². The maximum Gasteiger partial charge on any atom is 0.292 e. The van der Waals surface area contributed by atoms with Gasteiger partial charge in [0.15, 0.2) is 5.78 Å². The Morgan fingerprint density at radius 2 is 1.69 bits per heavy atom. The number of benzene rings is 1. The molecule has 2 aromatic heterocycles. The van der Waals surface area contributed by atoms with Gasteiger partial charge in [-0.2, -0.15) is 9.78 Å². The van der Waals surface area contributed by atoms with Crippen molar-refractivity contribution in [3.05, 3.63) is 73.3 Å². The fourth-order valence-corrected chi connectivity index (χ4v) is 4.82. The van der Waals surface area contributed by atoms with Gasteiger partial charge in [0.05, 0.1) is 26.8 Å². The smallest absolute Gasteiger partial charge is 0.292 e. The van der Waals surface area contributed by atoms with E-state index in [4.69, 9.17) is 23.2 Å². The molecule has 0 atom stereocenters. The van der Waals surface area contributed by atoms with Crippen LogP contribution in [0.4, 0.5) is 5.69 Å². The lowest BCUT2D eigenvalue weighted by atomic mass is 10.1. The molecule has 166 valence electrons. The number of piperazine rings is 1. The van der Waals surface area contributed by atoms with E-state index in [9.17, 15) is 14.4 Å². The highest BCUT2D eigenvalue weighted by Gasteiger charge is 2.24. The van der Waals surface area contributed by atoms with E-state index >= 15 is 0 Å². The summed E-state index contributed by atoms with van der Waals surface area (Å²) in [4.78, 5) is 41.7. The topological polar surface area (TPSA) is 75.5 Å². The molecule has 7 nitrogen and oxygen atoms in total. The minimum absolute atomic E-state index is 0.0654. The number of halogens is 2. The van der Waals surface area contributed by atoms with Crippen molar-refractivity contribution in [2.75, 3.05) is 31.1 Å². The molecule has 1 aromatic carbocycles. The predicted molar refractivity (Wildman–Crippen MR) is 127 cm³/mol. The van der Waals surface area contributed by atoms with E-state index in [1.54, 1.807) is 35.4 Å². The summed E-state index contributed by atoms with van der Waals surface area (Å²) >= 11 is 13.5. The number of Topliss-reactive ketones (excluding diaryl/α,β-unsaturated/α-hetero) is 1. The Bertz CT molecular complexity index is 1190. The summed E-state index contributed by atoms with van der Waals surface area (Å²) in [5.41, 5.74) is 0.808. The molecule has 4 rings (SSSR count). The van der Waals surface area contributed by atoms with E-state index in [0.29, 0.717) is 46.8 Å². The zero-order valence-corrected chi connectivity index (χ0v) is 19.4. The number of aromatic nitrogens is 2. The minimum atomic E-state index is -0.388. The van der Waals surface area contributed by atoms with Crippen LogP contribution in [0.1, 0.15) is 22.5 Å². The Kier molecular flexibility index (Phi) is 6.93. The lowest BCUT2D eigenvalue weighted by molar-refractivity contribution is -0.131. The third-order valence-electron chi connectivity index (χ3n) is 5.29.